The fraction of sp³-hybridized carbons (Fsp3) is 0.286. The molecule has 0 aliphatic heterocycles. The van der Waals surface area contributed by atoms with Crippen LogP contribution in [0.25, 0.3) is 0 Å². The van der Waals surface area contributed by atoms with Crippen LogP contribution in [0.4, 0.5) is 0 Å². The van der Waals surface area contributed by atoms with Crippen LogP contribution in [0, 0.1) is 0 Å². The Hall–Kier alpha value is -1.94. The molecule has 0 aliphatic rings. The lowest BCUT2D eigenvalue weighted by molar-refractivity contribution is 0.295. The van der Waals surface area contributed by atoms with Crippen molar-refractivity contribution >= 4 is 0 Å². The lowest BCUT2D eigenvalue weighted by Gasteiger charge is -2.10. The molecule has 4 nitrogen and oxygen atoms in total. The highest BCUT2D eigenvalue weighted by molar-refractivity contribution is 5.29. The minimum Gasteiger partial charge on any atom is -0.486 e. The third-order valence-electron chi connectivity index (χ3n) is 2.74. The summed E-state index contributed by atoms with van der Waals surface area (Å²) in [6, 6.07) is 9.72. The zero-order valence-electron chi connectivity index (χ0n) is 10.4. The number of rotatable bonds is 5. The van der Waals surface area contributed by atoms with Crippen LogP contribution in [0.15, 0.2) is 42.7 Å². The molecule has 94 valence electrons. The van der Waals surface area contributed by atoms with Crippen molar-refractivity contribution in [2.45, 2.75) is 26.0 Å². The Balaban J connectivity index is 1.94. The van der Waals surface area contributed by atoms with Gasteiger partial charge in [-0.15, -0.1) is 0 Å². The Morgan fingerprint density at radius 1 is 1.17 bits per heavy atom. The molecule has 0 bridgehead atoms. The summed E-state index contributed by atoms with van der Waals surface area (Å²) in [5.41, 5.74) is 7.07. The molecule has 0 unspecified atom stereocenters. The molecule has 2 aromatic rings. The van der Waals surface area contributed by atoms with Crippen molar-refractivity contribution in [3.8, 4) is 5.75 Å². The zero-order chi connectivity index (χ0) is 12.8. The normalized spacial score (nSPS) is 12.1. The molecule has 18 heavy (non-hydrogen) atoms. The number of aromatic nitrogens is 2. The van der Waals surface area contributed by atoms with Gasteiger partial charge in [0.05, 0.1) is 0 Å². The van der Waals surface area contributed by atoms with Crippen LogP contribution in [0.3, 0.4) is 0 Å². The number of hydrogen-bond acceptors (Lipinski definition) is 4. The molecule has 0 saturated heterocycles. The van der Waals surface area contributed by atoms with Gasteiger partial charge in [0.2, 0.25) is 0 Å². The van der Waals surface area contributed by atoms with Gasteiger partial charge in [0.15, 0.2) is 5.82 Å². The number of hydrogen-bond donors (Lipinski definition) is 1. The molecule has 0 fully saturated rings. The lowest BCUT2D eigenvalue weighted by atomic mass is 10.1. The molecule has 1 aromatic carbocycles. The van der Waals surface area contributed by atoms with E-state index in [4.69, 9.17) is 10.5 Å². The van der Waals surface area contributed by atoms with Crippen molar-refractivity contribution in [1.82, 2.24) is 9.97 Å². The summed E-state index contributed by atoms with van der Waals surface area (Å²) < 4.78 is 5.59. The third-order valence-corrected chi connectivity index (χ3v) is 2.74. The lowest BCUT2D eigenvalue weighted by Crippen LogP contribution is -2.08. The van der Waals surface area contributed by atoms with Crippen molar-refractivity contribution < 1.29 is 4.74 Å². The van der Waals surface area contributed by atoms with Gasteiger partial charge in [-0.05, 0) is 30.2 Å². The van der Waals surface area contributed by atoms with Crippen molar-refractivity contribution in [2.75, 3.05) is 0 Å². The molecule has 2 N–H and O–H groups in total. The van der Waals surface area contributed by atoms with Crippen LogP contribution in [0.2, 0.25) is 0 Å². The van der Waals surface area contributed by atoms with Crippen molar-refractivity contribution in [3.05, 3.63) is 54.1 Å². The molecule has 4 heteroatoms. The number of nitrogens with zero attached hydrogens (tertiary/aromatic N) is 2. The van der Waals surface area contributed by atoms with Crippen LogP contribution in [0.5, 0.6) is 5.75 Å². The van der Waals surface area contributed by atoms with Gasteiger partial charge >= 0.3 is 0 Å². The predicted octanol–water partition coefficient (Wildman–Crippen LogP) is 2.47. The summed E-state index contributed by atoms with van der Waals surface area (Å²) >= 11 is 0. The van der Waals surface area contributed by atoms with Crippen molar-refractivity contribution in [1.29, 1.82) is 0 Å². The highest BCUT2D eigenvalue weighted by Crippen LogP contribution is 2.18. The predicted molar refractivity (Wildman–Crippen MR) is 70.0 cm³/mol. The highest BCUT2D eigenvalue weighted by Gasteiger charge is 2.03. The summed E-state index contributed by atoms with van der Waals surface area (Å²) in [5, 5.41) is 0. The minimum atomic E-state index is 0.0940. The van der Waals surface area contributed by atoms with Gasteiger partial charge in [0, 0.05) is 18.4 Å². The second-order valence-corrected chi connectivity index (χ2v) is 4.04. The van der Waals surface area contributed by atoms with Crippen molar-refractivity contribution in [3.63, 3.8) is 0 Å². The first-order chi connectivity index (χ1) is 8.79. The van der Waals surface area contributed by atoms with E-state index in [1.165, 1.54) is 0 Å². The maximum Gasteiger partial charge on any atom is 0.166 e. The van der Waals surface area contributed by atoms with Crippen LogP contribution in [0.1, 0.15) is 30.8 Å². The number of ether oxygens (including phenoxy) is 1. The first-order valence-electron chi connectivity index (χ1n) is 6.04. The Labute approximate surface area is 107 Å². The highest BCUT2D eigenvalue weighted by atomic mass is 16.5. The van der Waals surface area contributed by atoms with E-state index in [0.29, 0.717) is 12.4 Å². The van der Waals surface area contributed by atoms with Gasteiger partial charge in [-0.1, -0.05) is 19.1 Å². The number of nitrogens with two attached hydrogens (primary N) is 1. The third kappa shape index (κ3) is 3.28. The van der Waals surface area contributed by atoms with Gasteiger partial charge in [0.25, 0.3) is 0 Å². The Morgan fingerprint density at radius 2 is 1.83 bits per heavy atom. The monoisotopic (exact) mass is 243 g/mol. The topological polar surface area (TPSA) is 61.0 Å². The van der Waals surface area contributed by atoms with E-state index in [0.717, 1.165) is 17.7 Å². The second kappa shape index (κ2) is 6.12. The quantitative estimate of drug-likeness (QED) is 0.876. The van der Waals surface area contributed by atoms with Crippen LogP contribution < -0.4 is 10.5 Å². The molecular formula is C14H17N3O. The summed E-state index contributed by atoms with van der Waals surface area (Å²) in [7, 11) is 0. The average Bonchev–Trinajstić information content (AvgIpc) is 2.46. The van der Waals surface area contributed by atoms with E-state index in [9.17, 15) is 0 Å². The SMILES string of the molecule is CC[C@@H](N)c1ccc(OCc2ncccn2)cc1. The van der Waals surface area contributed by atoms with E-state index in [-0.39, 0.29) is 6.04 Å². The first kappa shape index (κ1) is 12.5. The molecule has 0 radical (unpaired) electrons. The van der Waals surface area contributed by atoms with E-state index in [2.05, 4.69) is 16.9 Å². The van der Waals surface area contributed by atoms with Gasteiger partial charge in [-0.3, -0.25) is 0 Å². The average molecular weight is 243 g/mol. The Bertz CT molecular complexity index is 470. The van der Waals surface area contributed by atoms with Gasteiger partial charge in [-0.2, -0.15) is 0 Å². The molecule has 1 atom stereocenters. The largest absolute Gasteiger partial charge is 0.486 e. The van der Waals surface area contributed by atoms with Crippen LogP contribution in [-0.2, 0) is 6.61 Å². The van der Waals surface area contributed by atoms with E-state index < -0.39 is 0 Å². The minimum absolute atomic E-state index is 0.0940. The molecule has 0 amide bonds. The Morgan fingerprint density at radius 3 is 2.44 bits per heavy atom. The van der Waals surface area contributed by atoms with Crippen molar-refractivity contribution in [2.24, 2.45) is 5.73 Å². The second-order valence-electron chi connectivity index (χ2n) is 4.04. The first-order valence-corrected chi connectivity index (χ1v) is 6.04. The van der Waals surface area contributed by atoms with E-state index in [1.807, 2.05) is 24.3 Å². The summed E-state index contributed by atoms with van der Waals surface area (Å²) in [4.78, 5) is 8.19. The standard InChI is InChI=1S/C14H17N3O/c1-2-13(15)11-4-6-12(7-5-11)18-10-14-16-8-3-9-17-14/h3-9,13H,2,10,15H2,1H3/t13-/m1/s1. The molecule has 0 aliphatic carbocycles. The van der Waals surface area contributed by atoms with Gasteiger partial charge in [-0.25, -0.2) is 9.97 Å². The van der Waals surface area contributed by atoms with Crippen LogP contribution in [-0.4, -0.2) is 9.97 Å². The summed E-state index contributed by atoms with van der Waals surface area (Å²) in [6.45, 7) is 2.45. The molecule has 0 spiro atoms. The molecule has 2 rings (SSSR count). The molecule has 1 heterocycles. The fourth-order valence-corrected chi connectivity index (χ4v) is 1.60. The smallest absolute Gasteiger partial charge is 0.166 e. The van der Waals surface area contributed by atoms with E-state index in [1.54, 1.807) is 18.5 Å². The van der Waals surface area contributed by atoms with Gasteiger partial charge in [0.1, 0.15) is 12.4 Å². The zero-order valence-corrected chi connectivity index (χ0v) is 10.4. The molecule has 0 saturated carbocycles. The maximum absolute atomic E-state index is 5.95. The number of benzene rings is 1. The van der Waals surface area contributed by atoms with Crippen LogP contribution >= 0.6 is 0 Å². The molecule has 1 aromatic heterocycles. The molecular weight excluding hydrogens is 226 g/mol. The maximum atomic E-state index is 5.95. The summed E-state index contributed by atoms with van der Waals surface area (Å²) in [6.07, 6.45) is 4.34. The fourth-order valence-electron chi connectivity index (χ4n) is 1.60. The summed E-state index contributed by atoms with van der Waals surface area (Å²) in [5.74, 6) is 1.47. The Kier molecular flexibility index (Phi) is 4.25. The van der Waals surface area contributed by atoms with Gasteiger partial charge < -0.3 is 10.5 Å². The van der Waals surface area contributed by atoms with E-state index >= 15 is 0 Å².